The zero-order chi connectivity index (χ0) is 18.0. The van der Waals surface area contributed by atoms with Crippen molar-refractivity contribution in [2.45, 2.75) is 39.2 Å². The van der Waals surface area contributed by atoms with Gasteiger partial charge in [-0.25, -0.2) is 4.79 Å². The molecular formula is C20H21NO4. The maximum Gasteiger partial charge on any atom is 0.342 e. The van der Waals surface area contributed by atoms with Gasteiger partial charge < -0.3 is 15.2 Å². The summed E-state index contributed by atoms with van der Waals surface area (Å²) in [6.45, 7) is 3.31. The Balaban J connectivity index is 1.64. The van der Waals surface area contributed by atoms with E-state index in [1.807, 2.05) is 18.2 Å². The Morgan fingerprint density at radius 2 is 1.88 bits per heavy atom. The number of benzene rings is 2. The van der Waals surface area contributed by atoms with E-state index in [0.717, 1.165) is 24.8 Å². The van der Waals surface area contributed by atoms with Crippen molar-refractivity contribution in [3.05, 3.63) is 58.7 Å². The summed E-state index contributed by atoms with van der Waals surface area (Å²) in [5, 5.41) is 12.6. The first-order valence-corrected chi connectivity index (χ1v) is 8.37. The van der Waals surface area contributed by atoms with Gasteiger partial charge in [-0.3, -0.25) is 4.79 Å². The second-order valence-electron chi connectivity index (χ2n) is 6.39. The molecule has 0 heterocycles. The quantitative estimate of drug-likeness (QED) is 0.838. The smallest absolute Gasteiger partial charge is 0.342 e. The summed E-state index contributed by atoms with van der Waals surface area (Å²) in [5.41, 5.74) is 4.16. The van der Waals surface area contributed by atoms with E-state index < -0.39 is 18.0 Å². The third-order valence-electron chi connectivity index (χ3n) is 4.39. The summed E-state index contributed by atoms with van der Waals surface area (Å²) in [4.78, 5) is 24.5. The van der Waals surface area contributed by atoms with Gasteiger partial charge in [0.05, 0.1) is 0 Å². The fourth-order valence-electron chi connectivity index (χ4n) is 2.98. The molecule has 2 aromatic rings. The Morgan fingerprint density at radius 3 is 2.68 bits per heavy atom. The van der Waals surface area contributed by atoms with Crippen LogP contribution in [0.15, 0.2) is 36.4 Å². The Bertz CT molecular complexity index is 828. The molecule has 0 saturated carbocycles. The van der Waals surface area contributed by atoms with Crippen LogP contribution in [0.4, 0.5) is 5.69 Å². The summed E-state index contributed by atoms with van der Waals surface area (Å²) >= 11 is 0. The number of aromatic hydroxyl groups is 1. The molecular weight excluding hydrogens is 318 g/mol. The molecule has 0 saturated heterocycles. The van der Waals surface area contributed by atoms with Gasteiger partial charge in [0.25, 0.3) is 5.91 Å². The zero-order valence-corrected chi connectivity index (χ0v) is 14.3. The van der Waals surface area contributed by atoms with Crippen molar-refractivity contribution in [1.29, 1.82) is 0 Å². The lowest BCUT2D eigenvalue weighted by Gasteiger charge is -2.15. The SMILES string of the molecule is Cc1ccc(O)c(C(=O)O[C@@H](C)C(=O)Nc2ccc3c(c2)CCC3)c1. The van der Waals surface area contributed by atoms with Gasteiger partial charge in [0, 0.05) is 5.69 Å². The number of hydrogen-bond acceptors (Lipinski definition) is 4. The van der Waals surface area contributed by atoms with Crippen LogP contribution in [0.25, 0.3) is 0 Å². The first kappa shape index (κ1) is 17.0. The van der Waals surface area contributed by atoms with E-state index in [1.54, 1.807) is 13.0 Å². The molecule has 1 amide bonds. The lowest BCUT2D eigenvalue weighted by Crippen LogP contribution is -2.30. The number of anilines is 1. The fraction of sp³-hybridized carbons (Fsp3) is 0.300. The molecule has 0 unspecified atom stereocenters. The van der Waals surface area contributed by atoms with Gasteiger partial charge in [0.1, 0.15) is 11.3 Å². The Morgan fingerprint density at radius 1 is 1.12 bits per heavy atom. The highest BCUT2D eigenvalue weighted by molar-refractivity contribution is 5.98. The van der Waals surface area contributed by atoms with Crippen LogP contribution in [0.1, 0.15) is 40.4 Å². The Labute approximate surface area is 146 Å². The monoisotopic (exact) mass is 339 g/mol. The molecule has 0 fully saturated rings. The average Bonchev–Trinajstić information content (AvgIpc) is 3.04. The molecule has 5 nitrogen and oxygen atoms in total. The number of hydrogen-bond donors (Lipinski definition) is 2. The van der Waals surface area contributed by atoms with Gasteiger partial charge >= 0.3 is 5.97 Å². The van der Waals surface area contributed by atoms with E-state index in [2.05, 4.69) is 5.32 Å². The molecule has 0 radical (unpaired) electrons. The largest absolute Gasteiger partial charge is 0.507 e. The number of nitrogens with one attached hydrogen (secondary N) is 1. The molecule has 130 valence electrons. The molecule has 0 bridgehead atoms. The minimum Gasteiger partial charge on any atom is -0.507 e. The number of esters is 1. The highest BCUT2D eigenvalue weighted by atomic mass is 16.5. The third-order valence-corrected chi connectivity index (χ3v) is 4.39. The summed E-state index contributed by atoms with van der Waals surface area (Å²) in [6, 6.07) is 10.5. The molecule has 2 N–H and O–H groups in total. The van der Waals surface area contributed by atoms with E-state index in [0.29, 0.717) is 5.69 Å². The maximum absolute atomic E-state index is 12.3. The molecule has 1 aliphatic carbocycles. The van der Waals surface area contributed by atoms with Gasteiger partial charge in [-0.15, -0.1) is 0 Å². The topological polar surface area (TPSA) is 75.6 Å². The van der Waals surface area contributed by atoms with E-state index in [-0.39, 0.29) is 11.3 Å². The van der Waals surface area contributed by atoms with Crippen LogP contribution in [0, 0.1) is 6.92 Å². The van der Waals surface area contributed by atoms with Crippen LogP contribution in [0.3, 0.4) is 0 Å². The van der Waals surface area contributed by atoms with Gasteiger partial charge in [0.2, 0.25) is 0 Å². The van der Waals surface area contributed by atoms with Gasteiger partial charge in [-0.2, -0.15) is 0 Å². The predicted octanol–water partition coefficient (Wildman–Crippen LogP) is 3.37. The Hall–Kier alpha value is -2.82. The number of aryl methyl sites for hydroxylation is 3. The first-order chi connectivity index (χ1) is 11.9. The highest BCUT2D eigenvalue weighted by Crippen LogP contribution is 2.25. The number of fused-ring (bicyclic) bond motifs is 1. The standard InChI is InChI=1S/C20H21NO4/c1-12-6-9-18(22)17(10-12)20(24)25-13(2)19(23)21-16-8-7-14-4-3-5-15(14)11-16/h6-11,13,22H,3-5H2,1-2H3,(H,21,23)/t13-/m0/s1. The minimum absolute atomic E-state index is 0.0529. The van der Waals surface area contributed by atoms with E-state index in [9.17, 15) is 14.7 Å². The molecule has 0 aromatic heterocycles. The van der Waals surface area contributed by atoms with Crippen molar-refractivity contribution in [2.24, 2.45) is 0 Å². The van der Waals surface area contributed by atoms with Crippen molar-refractivity contribution < 1.29 is 19.4 Å². The van der Waals surface area contributed by atoms with Crippen LogP contribution in [-0.2, 0) is 22.4 Å². The highest BCUT2D eigenvalue weighted by Gasteiger charge is 2.21. The molecule has 5 heteroatoms. The van der Waals surface area contributed by atoms with Gasteiger partial charge in [-0.05, 0) is 68.5 Å². The zero-order valence-electron chi connectivity index (χ0n) is 14.3. The third kappa shape index (κ3) is 3.82. The molecule has 3 rings (SSSR count). The normalized spacial score (nSPS) is 13.8. The maximum atomic E-state index is 12.3. The predicted molar refractivity (Wildman–Crippen MR) is 94.8 cm³/mol. The summed E-state index contributed by atoms with van der Waals surface area (Å²) < 4.78 is 5.19. The van der Waals surface area contributed by atoms with Gasteiger partial charge in [0.15, 0.2) is 6.10 Å². The molecule has 0 spiro atoms. The average molecular weight is 339 g/mol. The van der Waals surface area contributed by atoms with Crippen LogP contribution >= 0.6 is 0 Å². The number of amides is 1. The molecule has 25 heavy (non-hydrogen) atoms. The summed E-state index contributed by atoms with van der Waals surface area (Å²) in [6.07, 6.45) is 2.27. The van der Waals surface area contributed by atoms with Crippen molar-refractivity contribution in [2.75, 3.05) is 5.32 Å². The lowest BCUT2D eigenvalue weighted by molar-refractivity contribution is -0.123. The number of rotatable bonds is 4. The van der Waals surface area contributed by atoms with E-state index in [4.69, 9.17) is 4.74 Å². The molecule has 0 aliphatic heterocycles. The number of phenols is 1. The van der Waals surface area contributed by atoms with Crippen molar-refractivity contribution in [3.63, 3.8) is 0 Å². The number of carbonyl (C=O) groups excluding carboxylic acids is 2. The van der Waals surface area contributed by atoms with Crippen LogP contribution in [-0.4, -0.2) is 23.1 Å². The number of phenolic OH excluding ortho intramolecular Hbond substituents is 1. The number of carbonyl (C=O) groups is 2. The summed E-state index contributed by atoms with van der Waals surface area (Å²) in [5.74, 6) is -1.29. The van der Waals surface area contributed by atoms with Crippen LogP contribution in [0.2, 0.25) is 0 Å². The molecule has 1 atom stereocenters. The molecule has 1 aliphatic rings. The second-order valence-corrected chi connectivity index (χ2v) is 6.39. The van der Waals surface area contributed by atoms with Crippen molar-refractivity contribution >= 4 is 17.6 Å². The van der Waals surface area contributed by atoms with E-state index >= 15 is 0 Å². The van der Waals surface area contributed by atoms with Gasteiger partial charge in [-0.1, -0.05) is 17.7 Å². The van der Waals surface area contributed by atoms with Crippen LogP contribution in [0.5, 0.6) is 5.75 Å². The van der Waals surface area contributed by atoms with E-state index in [1.165, 1.54) is 30.2 Å². The second kappa shape index (κ2) is 6.97. The number of ether oxygens (including phenoxy) is 1. The first-order valence-electron chi connectivity index (χ1n) is 8.37. The van der Waals surface area contributed by atoms with Crippen molar-refractivity contribution in [1.82, 2.24) is 0 Å². The lowest BCUT2D eigenvalue weighted by atomic mass is 10.1. The molecule has 2 aromatic carbocycles. The Kier molecular flexibility index (Phi) is 4.74. The van der Waals surface area contributed by atoms with Crippen LogP contribution < -0.4 is 5.32 Å². The summed E-state index contributed by atoms with van der Waals surface area (Å²) in [7, 11) is 0. The fourth-order valence-corrected chi connectivity index (χ4v) is 2.98. The minimum atomic E-state index is -0.972. The van der Waals surface area contributed by atoms with Crippen molar-refractivity contribution in [3.8, 4) is 5.75 Å².